The van der Waals surface area contributed by atoms with Crippen LogP contribution >= 0.6 is 22.9 Å². The molecular weight excluding hydrogens is 274 g/mol. The fourth-order valence-electron chi connectivity index (χ4n) is 2.44. The molecule has 3 heteroatoms. The lowest BCUT2D eigenvalue weighted by Crippen LogP contribution is -2.22. The summed E-state index contributed by atoms with van der Waals surface area (Å²) >= 11 is 7.81. The van der Waals surface area contributed by atoms with Crippen molar-refractivity contribution in [3.63, 3.8) is 0 Å². The van der Waals surface area contributed by atoms with Gasteiger partial charge in [-0.3, -0.25) is 0 Å². The van der Waals surface area contributed by atoms with Gasteiger partial charge in [0.2, 0.25) is 0 Å². The molecule has 100 valence electrons. The highest BCUT2D eigenvalue weighted by Gasteiger charge is 2.31. The normalized spacial score (nSPS) is 16.5. The second kappa shape index (κ2) is 5.66. The molecule has 0 radical (unpaired) electrons. The summed E-state index contributed by atoms with van der Waals surface area (Å²) in [6.07, 6.45) is 2.67. The monoisotopic (exact) mass is 291 g/mol. The Hall–Kier alpha value is -0.830. The maximum absolute atomic E-state index is 5.97. The molecule has 0 spiro atoms. The Balaban J connectivity index is 1.71. The van der Waals surface area contributed by atoms with Crippen molar-refractivity contribution >= 4 is 22.9 Å². The molecule has 1 fully saturated rings. The van der Waals surface area contributed by atoms with Gasteiger partial charge in [-0.1, -0.05) is 23.7 Å². The summed E-state index contributed by atoms with van der Waals surface area (Å²) in [4.78, 5) is 1.44. The zero-order valence-electron chi connectivity index (χ0n) is 11.0. The molecule has 0 saturated heterocycles. The molecule has 1 nitrogen and oxygen atoms in total. The summed E-state index contributed by atoms with van der Waals surface area (Å²) in [5.41, 5.74) is 2.75. The van der Waals surface area contributed by atoms with Gasteiger partial charge >= 0.3 is 0 Å². The van der Waals surface area contributed by atoms with Crippen molar-refractivity contribution in [2.45, 2.75) is 32.4 Å². The number of halogens is 1. The maximum Gasteiger partial charge on any atom is 0.0406 e. The van der Waals surface area contributed by atoms with E-state index in [1.165, 1.54) is 28.8 Å². The lowest BCUT2D eigenvalue weighted by Gasteiger charge is -2.19. The molecule has 19 heavy (non-hydrogen) atoms. The Morgan fingerprint density at radius 3 is 2.58 bits per heavy atom. The van der Waals surface area contributed by atoms with Crippen molar-refractivity contribution in [1.29, 1.82) is 0 Å². The standard InChI is InChI=1S/C16H18ClNS/c1-11-8-9-19-15(11)10-18-16(12-2-3-12)13-4-6-14(17)7-5-13/h4-9,12,16,18H,2-3,10H2,1H3. The number of rotatable bonds is 5. The summed E-state index contributed by atoms with van der Waals surface area (Å²) in [5, 5.41) is 6.71. The van der Waals surface area contributed by atoms with E-state index in [1.54, 1.807) is 0 Å². The van der Waals surface area contributed by atoms with Crippen molar-refractivity contribution in [1.82, 2.24) is 5.32 Å². The molecule has 0 aliphatic heterocycles. The molecule has 1 aliphatic carbocycles. The summed E-state index contributed by atoms with van der Waals surface area (Å²) in [7, 11) is 0. The second-order valence-corrected chi connectivity index (χ2v) is 6.71. The van der Waals surface area contributed by atoms with Crippen LogP contribution in [0.1, 0.15) is 34.9 Å². The first kappa shape index (κ1) is 13.2. The molecule has 1 N–H and O–H groups in total. The molecule has 2 aromatic rings. The quantitative estimate of drug-likeness (QED) is 0.822. The topological polar surface area (TPSA) is 12.0 Å². The van der Waals surface area contributed by atoms with Crippen molar-refractivity contribution in [2.75, 3.05) is 0 Å². The van der Waals surface area contributed by atoms with Gasteiger partial charge in [-0.2, -0.15) is 0 Å². The molecule has 1 saturated carbocycles. The zero-order chi connectivity index (χ0) is 13.2. The van der Waals surface area contributed by atoms with Crippen LogP contribution in [0.25, 0.3) is 0 Å². The summed E-state index contributed by atoms with van der Waals surface area (Å²) < 4.78 is 0. The number of aryl methyl sites for hydroxylation is 1. The highest BCUT2D eigenvalue weighted by molar-refractivity contribution is 7.10. The third-order valence-electron chi connectivity index (χ3n) is 3.77. The number of hydrogen-bond donors (Lipinski definition) is 1. The first-order chi connectivity index (χ1) is 9.24. The van der Waals surface area contributed by atoms with Crippen LogP contribution in [0.2, 0.25) is 5.02 Å². The molecule has 1 aliphatic rings. The van der Waals surface area contributed by atoms with Crippen molar-refractivity contribution in [2.24, 2.45) is 5.92 Å². The van der Waals surface area contributed by atoms with Crippen LogP contribution < -0.4 is 5.32 Å². The van der Waals surface area contributed by atoms with Crippen LogP contribution in [0, 0.1) is 12.8 Å². The average Bonchev–Trinajstić information content (AvgIpc) is 3.16. The van der Waals surface area contributed by atoms with Crippen LogP contribution in [0.4, 0.5) is 0 Å². The maximum atomic E-state index is 5.97. The molecule has 1 heterocycles. The minimum Gasteiger partial charge on any atom is -0.305 e. The highest BCUT2D eigenvalue weighted by atomic mass is 35.5. The highest BCUT2D eigenvalue weighted by Crippen LogP contribution is 2.41. The van der Waals surface area contributed by atoms with Gasteiger partial charge in [0.1, 0.15) is 0 Å². The molecule has 1 aromatic carbocycles. The Kier molecular flexibility index (Phi) is 3.92. The van der Waals surface area contributed by atoms with Crippen molar-refractivity contribution < 1.29 is 0 Å². The second-order valence-electron chi connectivity index (χ2n) is 5.27. The third kappa shape index (κ3) is 3.19. The van der Waals surface area contributed by atoms with Gasteiger partial charge in [0.25, 0.3) is 0 Å². The van der Waals surface area contributed by atoms with Gasteiger partial charge in [0.05, 0.1) is 0 Å². The third-order valence-corrected chi connectivity index (χ3v) is 5.05. The lowest BCUT2D eigenvalue weighted by atomic mass is 10.0. The van der Waals surface area contributed by atoms with Crippen molar-refractivity contribution in [3.05, 3.63) is 56.7 Å². The van der Waals surface area contributed by atoms with Gasteiger partial charge < -0.3 is 5.32 Å². The Morgan fingerprint density at radius 2 is 2.00 bits per heavy atom. The number of benzene rings is 1. The first-order valence-electron chi connectivity index (χ1n) is 6.76. The van der Waals surface area contributed by atoms with E-state index in [1.807, 2.05) is 23.5 Å². The Labute approximate surface area is 123 Å². The summed E-state index contributed by atoms with van der Waals surface area (Å²) in [5.74, 6) is 0.793. The summed E-state index contributed by atoms with van der Waals surface area (Å²) in [6.45, 7) is 3.15. The van der Waals surface area contributed by atoms with Gasteiger partial charge in [-0.05, 0) is 60.4 Å². The van der Waals surface area contributed by atoms with E-state index >= 15 is 0 Å². The number of hydrogen-bond acceptors (Lipinski definition) is 2. The van der Waals surface area contributed by atoms with Gasteiger partial charge in [0.15, 0.2) is 0 Å². The fourth-order valence-corrected chi connectivity index (χ4v) is 3.43. The van der Waals surface area contributed by atoms with E-state index in [0.717, 1.165) is 17.5 Å². The SMILES string of the molecule is Cc1ccsc1CNC(c1ccc(Cl)cc1)C1CC1. The molecule has 3 rings (SSSR count). The fraction of sp³-hybridized carbons (Fsp3) is 0.375. The van der Waals surface area contributed by atoms with Gasteiger partial charge in [-0.15, -0.1) is 11.3 Å². The van der Waals surface area contributed by atoms with E-state index in [4.69, 9.17) is 11.6 Å². The molecule has 1 unspecified atom stereocenters. The van der Waals surface area contributed by atoms with Crippen LogP contribution in [0.5, 0.6) is 0 Å². The molecule has 1 atom stereocenters. The number of nitrogens with one attached hydrogen (secondary N) is 1. The Morgan fingerprint density at radius 1 is 1.26 bits per heavy atom. The predicted octanol–water partition coefficient (Wildman–Crippen LogP) is 4.95. The Bertz CT molecular complexity index is 542. The van der Waals surface area contributed by atoms with E-state index < -0.39 is 0 Å². The molecule has 0 amide bonds. The molecule has 1 aromatic heterocycles. The smallest absolute Gasteiger partial charge is 0.0406 e. The minimum absolute atomic E-state index is 0.471. The summed E-state index contributed by atoms with van der Waals surface area (Å²) in [6, 6.07) is 10.9. The molecular formula is C16H18ClNS. The zero-order valence-corrected chi connectivity index (χ0v) is 12.6. The predicted molar refractivity (Wildman–Crippen MR) is 82.8 cm³/mol. The minimum atomic E-state index is 0.471. The van der Waals surface area contributed by atoms with Crippen molar-refractivity contribution in [3.8, 4) is 0 Å². The number of thiophene rings is 1. The van der Waals surface area contributed by atoms with Crippen LogP contribution in [-0.4, -0.2) is 0 Å². The average molecular weight is 292 g/mol. The van der Waals surface area contributed by atoms with Crippen LogP contribution in [0.15, 0.2) is 35.7 Å². The van der Waals surface area contributed by atoms with Crippen LogP contribution in [0.3, 0.4) is 0 Å². The van der Waals surface area contributed by atoms with Crippen LogP contribution in [-0.2, 0) is 6.54 Å². The lowest BCUT2D eigenvalue weighted by molar-refractivity contribution is 0.482. The molecule has 0 bridgehead atoms. The van der Waals surface area contributed by atoms with E-state index in [-0.39, 0.29) is 0 Å². The van der Waals surface area contributed by atoms with E-state index in [0.29, 0.717) is 6.04 Å². The largest absolute Gasteiger partial charge is 0.305 e. The van der Waals surface area contributed by atoms with E-state index in [9.17, 15) is 0 Å². The first-order valence-corrected chi connectivity index (χ1v) is 8.01. The van der Waals surface area contributed by atoms with E-state index in [2.05, 4.69) is 35.8 Å². The van der Waals surface area contributed by atoms with Gasteiger partial charge in [-0.25, -0.2) is 0 Å². The van der Waals surface area contributed by atoms with Gasteiger partial charge in [0, 0.05) is 22.5 Å².